The van der Waals surface area contributed by atoms with Crippen LogP contribution in [0, 0.1) is 11.6 Å². The predicted octanol–water partition coefficient (Wildman–Crippen LogP) is 6.23. The summed E-state index contributed by atoms with van der Waals surface area (Å²) in [5.74, 6) is -1.45. The van der Waals surface area contributed by atoms with Crippen molar-refractivity contribution in [2.75, 3.05) is 24.5 Å². The molecule has 5 rings (SSSR count). The minimum absolute atomic E-state index is 0.00137. The zero-order chi connectivity index (χ0) is 31.9. The average Bonchev–Trinajstić information content (AvgIpc) is 3.00. The van der Waals surface area contributed by atoms with Crippen molar-refractivity contribution in [1.29, 1.82) is 0 Å². The molecule has 1 aliphatic heterocycles. The van der Waals surface area contributed by atoms with Crippen molar-refractivity contribution in [3.05, 3.63) is 94.7 Å². The molecule has 0 unspecified atom stereocenters. The van der Waals surface area contributed by atoms with Gasteiger partial charge in [0.05, 0.1) is 16.8 Å². The van der Waals surface area contributed by atoms with Crippen LogP contribution in [0.3, 0.4) is 0 Å². The Bertz CT molecular complexity index is 1820. The molecule has 1 aromatic carbocycles. The number of carbonyl (C=O) groups is 1. The second-order valence-electron chi connectivity index (χ2n) is 11.6. The topological polar surface area (TPSA) is 84.2 Å². The summed E-state index contributed by atoms with van der Waals surface area (Å²) in [6.07, 6.45) is 4.42. The number of fused-ring (bicyclic) bond motifs is 1. The van der Waals surface area contributed by atoms with E-state index in [1.54, 1.807) is 17.2 Å². The summed E-state index contributed by atoms with van der Waals surface area (Å²) in [4.78, 5) is 43.9. The van der Waals surface area contributed by atoms with Gasteiger partial charge in [-0.05, 0) is 54.2 Å². The SMILES string of the molecule is C=CC(=O)N1CCN(c2nc(=O)n(-c3c(C(C)C)ccnc3C(C)C)c3nc(-c4c(F)cccc4C=C)c(F)cc23)[C@@H](C)C1. The Morgan fingerprint density at radius 3 is 2.43 bits per heavy atom. The second kappa shape index (κ2) is 12.1. The highest BCUT2D eigenvalue weighted by Crippen LogP contribution is 2.36. The van der Waals surface area contributed by atoms with E-state index in [2.05, 4.69) is 23.1 Å². The van der Waals surface area contributed by atoms with Crippen LogP contribution in [0.15, 0.2) is 60.6 Å². The van der Waals surface area contributed by atoms with E-state index >= 15 is 8.78 Å². The first kappa shape index (κ1) is 30.7. The molecular formula is C34H36F2N6O2. The van der Waals surface area contributed by atoms with E-state index in [-0.39, 0.29) is 51.9 Å². The van der Waals surface area contributed by atoms with Crippen LogP contribution in [0.25, 0.3) is 34.1 Å². The Morgan fingerprint density at radius 1 is 1.05 bits per heavy atom. The van der Waals surface area contributed by atoms with Crippen molar-refractivity contribution in [2.24, 2.45) is 0 Å². The largest absolute Gasteiger partial charge is 0.355 e. The normalized spacial score (nSPS) is 15.3. The second-order valence-corrected chi connectivity index (χ2v) is 11.6. The molecule has 0 radical (unpaired) electrons. The molecule has 4 aromatic rings. The molecule has 4 heterocycles. The van der Waals surface area contributed by atoms with Crippen molar-refractivity contribution in [3.63, 3.8) is 0 Å². The van der Waals surface area contributed by atoms with Crippen LogP contribution in [-0.2, 0) is 4.79 Å². The fourth-order valence-electron chi connectivity index (χ4n) is 5.88. The van der Waals surface area contributed by atoms with Crippen LogP contribution < -0.4 is 10.6 Å². The van der Waals surface area contributed by atoms with Gasteiger partial charge in [0.2, 0.25) is 5.91 Å². The number of benzene rings is 1. The first-order valence-electron chi connectivity index (χ1n) is 14.7. The summed E-state index contributed by atoms with van der Waals surface area (Å²) < 4.78 is 32.8. The van der Waals surface area contributed by atoms with Crippen molar-refractivity contribution in [3.8, 4) is 16.9 Å². The summed E-state index contributed by atoms with van der Waals surface area (Å²) >= 11 is 0. The molecule has 1 fully saturated rings. The lowest BCUT2D eigenvalue weighted by molar-refractivity contribution is -0.126. The highest BCUT2D eigenvalue weighted by molar-refractivity contribution is 5.92. The molecule has 1 atom stereocenters. The molecular weight excluding hydrogens is 562 g/mol. The van der Waals surface area contributed by atoms with E-state index in [1.807, 2.05) is 45.6 Å². The van der Waals surface area contributed by atoms with Gasteiger partial charge in [-0.15, -0.1) is 0 Å². The molecule has 0 saturated carbocycles. The van der Waals surface area contributed by atoms with Crippen molar-refractivity contribution >= 4 is 28.8 Å². The van der Waals surface area contributed by atoms with Crippen molar-refractivity contribution in [1.82, 2.24) is 24.4 Å². The van der Waals surface area contributed by atoms with Crippen LogP contribution >= 0.6 is 0 Å². The van der Waals surface area contributed by atoms with Crippen LogP contribution in [0.1, 0.15) is 63.3 Å². The van der Waals surface area contributed by atoms with Gasteiger partial charge in [-0.2, -0.15) is 4.98 Å². The third kappa shape index (κ3) is 5.29. The number of anilines is 1. The van der Waals surface area contributed by atoms with E-state index in [4.69, 9.17) is 4.98 Å². The molecule has 0 bridgehead atoms. The van der Waals surface area contributed by atoms with Crippen molar-refractivity contribution in [2.45, 2.75) is 52.5 Å². The maximum Gasteiger partial charge on any atom is 0.355 e. The zero-order valence-corrected chi connectivity index (χ0v) is 25.6. The predicted molar refractivity (Wildman–Crippen MR) is 170 cm³/mol. The fraction of sp³-hybridized carbons (Fsp3) is 0.324. The maximum atomic E-state index is 16.1. The highest BCUT2D eigenvalue weighted by Gasteiger charge is 2.31. The monoisotopic (exact) mass is 598 g/mol. The minimum Gasteiger partial charge on any atom is -0.350 e. The maximum absolute atomic E-state index is 16.1. The van der Waals surface area contributed by atoms with Crippen LogP contribution in [0.2, 0.25) is 0 Å². The molecule has 0 aliphatic carbocycles. The third-order valence-corrected chi connectivity index (χ3v) is 8.07. The van der Waals surface area contributed by atoms with E-state index in [0.717, 1.165) is 5.56 Å². The van der Waals surface area contributed by atoms with Crippen molar-refractivity contribution < 1.29 is 13.6 Å². The van der Waals surface area contributed by atoms with E-state index in [1.165, 1.54) is 34.9 Å². The Balaban J connectivity index is 1.88. The number of amides is 1. The summed E-state index contributed by atoms with van der Waals surface area (Å²) in [5, 5.41) is 0.283. The summed E-state index contributed by atoms with van der Waals surface area (Å²) in [5.41, 5.74) is 1.61. The number of pyridine rings is 2. The summed E-state index contributed by atoms with van der Waals surface area (Å²) in [6.45, 7) is 18.3. The van der Waals surface area contributed by atoms with Gasteiger partial charge >= 0.3 is 5.69 Å². The van der Waals surface area contributed by atoms with Crippen LogP contribution in [0.4, 0.5) is 14.6 Å². The minimum atomic E-state index is -0.772. The molecule has 44 heavy (non-hydrogen) atoms. The van der Waals surface area contributed by atoms with Gasteiger partial charge in [-0.25, -0.2) is 23.1 Å². The lowest BCUT2D eigenvalue weighted by Crippen LogP contribution is -2.54. The molecule has 0 N–H and O–H groups in total. The molecule has 10 heteroatoms. The van der Waals surface area contributed by atoms with Crippen LogP contribution in [0.5, 0.6) is 0 Å². The summed E-state index contributed by atoms with van der Waals surface area (Å²) in [6, 6.07) is 7.25. The van der Waals surface area contributed by atoms with Gasteiger partial charge < -0.3 is 9.80 Å². The van der Waals surface area contributed by atoms with Gasteiger partial charge in [0.1, 0.15) is 17.3 Å². The molecule has 1 saturated heterocycles. The highest BCUT2D eigenvalue weighted by atomic mass is 19.1. The summed E-state index contributed by atoms with van der Waals surface area (Å²) in [7, 11) is 0. The average molecular weight is 599 g/mol. The number of halogens is 2. The van der Waals surface area contributed by atoms with E-state index < -0.39 is 17.3 Å². The van der Waals surface area contributed by atoms with Gasteiger partial charge in [-0.1, -0.05) is 59.1 Å². The number of nitrogens with zero attached hydrogens (tertiary/aromatic N) is 6. The number of rotatable bonds is 7. The zero-order valence-electron chi connectivity index (χ0n) is 25.6. The molecule has 1 amide bonds. The molecule has 228 valence electrons. The van der Waals surface area contributed by atoms with E-state index in [9.17, 15) is 9.59 Å². The Kier molecular flexibility index (Phi) is 8.45. The first-order valence-corrected chi connectivity index (χ1v) is 14.7. The number of piperazine rings is 1. The number of hydrogen-bond acceptors (Lipinski definition) is 6. The Morgan fingerprint density at radius 2 is 1.80 bits per heavy atom. The smallest absolute Gasteiger partial charge is 0.350 e. The van der Waals surface area contributed by atoms with Gasteiger partial charge in [0, 0.05) is 37.4 Å². The lowest BCUT2D eigenvalue weighted by Gasteiger charge is -2.40. The first-order chi connectivity index (χ1) is 21.0. The van der Waals surface area contributed by atoms with Gasteiger partial charge in [0.15, 0.2) is 11.5 Å². The molecule has 8 nitrogen and oxygen atoms in total. The number of aromatic nitrogens is 4. The Labute approximate surface area is 255 Å². The van der Waals surface area contributed by atoms with Gasteiger partial charge in [0.25, 0.3) is 0 Å². The van der Waals surface area contributed by atoms with Gasteiger partial charge in [-0.3, -0.25) is 9.78 Å². The quantitative estimate of drug-likeness (QED) is 0.235. The standard InChI is InChI=1S/C34H36F2N6O2/c1-8-22-11-10-12-25(35)28(22)30-26(36)17-24-32(41-16-15-40(18-21(41)7)27(43)9-2)39-34(44)42(33(24)38-30)31-23(19(3)4)13-14-37-29(31)20(5)6/h8-14,17,19-21H,1-2,15-16,18H2,3-7H3/t21-/m0/s1. The lowest BCUT2D eigenvalue weighted by atomic mass is 9.97. The Hall–Kier alpha value is -4.73. The fourth-order valence-corrected chi connectivity index (χ4v) is 5.88. The third-order valence-electron chi connectivity index (χ3n) is 8.07. The molecule has 3 aromatic heterocycles. The molecule has 0 spiro atoms. The number of carbonyl (C=O) groups excluding carboxylic acids is 1. The number of hydrogen-bond donors (Lipinski definition) is 0. The molecule has 1 aliphatic rings. The van der Waals surface area contributed by atoms with E-state index in [0.29, 0.717) is 36.6 Å². The van der Waals surface area contributed by atoms with Crippen LogP contribution in [-0.4, -0.2) is 56.0 Å².